The van der Waals surface area contributed by atoms with Crippen LogP contribution >= 0.6 is 11.3 Å². The highest BCUT2D eigenvalue weighted by Crippen LogP contribution is 2.25. The number of nitrogens with two attached hydrogens (primary N) is 1. The zero-order valence-corrected chi connectivity index (χ0v) is 13.6. The van der Waals surface area contributed by atoms with Crippen molar-refractivity contribution in [1.29, 1.82) is 0 Å². The molecule has 2 atom stereocenters. The van der Waals surface area contributed by atoms with E-state index >= 15 is 0 Å². The molecule has 1 amide bonds. The molecule has 1 saturated heterocycles. The van der Waals surface area contributed by atoms with Gasteiger partial charge >= 0.3 is 0 Å². The van der Waals surface area contributed by atoms with Gasteiger partial charge in [0.05, 0.1) is 5.01 Å². The second-order valence-electron chi connectivity index (χ2n) is 5.93. The summed E-state index contributed by atoms with van der Waals surface area (Å²) < 4.78 is 0. The lowest BCUT2D eigenvalue weighted by Gasteiger charge is -2.20. The number of hydrogen-bond acceptors (Lipinski definition) is 4. The van der Waals surface area contributed by atoms with Crippen LogP contribution in [0.15, 0.2) is 35.7 Å². The van der Waals surface area contributed by atoms with Crippen LogP contribution in [-0.2, 0) is 6.42 Å². The van der Waals surface area contributed by atoms with Crippen molar-refractivity contribution in [2.75, 3.05) is 13.1 Å². The van der Waals surface area contributed by atoms with Crippen molar-refractivity contribution in [1.82, 2.24) is 9.88 Å². The number of carbonyl (C=O) groups is 1. The van der Waals surface area contributed by atoms with Crippen molar-refractivity contribution < 1.29 is 4.79 Å². The number of carbonyl (C=O) groups excluding carboxylic acids is 1. The smallest absolute Gasteiger partial charge is 0.273 e. The second kappa shape index (κ2) is 6.58. The molecule has 5 heteroatoms. The van der Waals surface area contributed by atoms with E-state index in [0.29, 0.717) is 18.2 Å². The van der Waals surface area contributed by atoms with Gasteiger partial charge in [0.15, 0.2) is 0 Å². The molecule has 2 heterocycles. The molecule has 0 radical (unpaired) electrons. The van der Waals surface area contributed by atoms with Crippen LogP contribution < -0.4 is 5.73 Å². The molecule has 4 nitrogen and oxygen atoms in total. The predicted octanol–water partition coefficient (Wildman–Crippen LogP) is 2.54. The molecule has 0 bridgehead atoms. The van der Waals surface area contributed by atoms with Crippen molar-refractivity contribution in [3.63, 3.8) is 0 Å². The standard InChI is InChI=1S/C17H21N3OS/c1-12-7-14(9-18)10-20(12)17(21)15-11-22-16(19-15)8-13-5-3-2-4-6-13/h2-6,11-12,14H,7-10,18H2,1H3. The van der Waals surface area contributed by atoms with Crippen LogP contribution in [0.5, 0.6) is 0 Å². The molecule has 1 aromatic heterocycles. The lowest BCUT2D eigenvalue weighted by molar-refractivity contribution is 0.0738. The molecule has 2 aromatic rings. The summed E-state index contributed by atoms with van der Waals surface area (Å²) in [5.41, 5.74) is 7.52. The van der Waals surface area contributed by atoms with E-state index in [-0.39, 0.29) is 11.9 Å². The molecule has 116 valence electrons. The van der Waals surface area contributed by atoms with Gasteiger partial charge in [-0.2, -0.15) is 0 Å². The van der Waals surface area contributed by atoms with E-state index in [2.05, 4.69) is 24.0 Å². The number of rotatable bonds is 4. The lowest BCUT2D eigenvalue weighted by atomic mass is 10.1. The molecule has 1 aromatic carbocycles. The van der Waals surface area contributed by atoms with Crippen molar-refractivity contribution in [2.45, 2.75) is 25.8 Å². The predicted molar refractivity (Wildman–Crippen MR) is 89.0 cm³/mol. The number of nitrogens with zero attached hydrogens (tertiary/aromatic N) is 2. The quantitative estimate of drug-likeness (QED) is 0.943. The largest absolute Gasteiger partial charge is 0.334 e. The van der Waals surface area contributed by atoms with Crippen LogP contribution in [0.3, 0.4) is 0 Å². The fourth-order valence-corrected chi connectivity index (χ4v) is 3.81. The van der Waals surface area contributed by atoms with Gasteiger partial charge in [0, 0.05) is 24.4 Å². The number of thiazole rings is 1. The fourth-order valence-electron chi connectivity index (χ4n) is 3.00. The highest BCUT2D eigenvalue weighted by atomic mass is 32.1. The number of hydrogen-bond donors (Lipinski definition) is 1. The van der Waals surface area contributed by atoms with Crippen LogP contribution in [-0.4, -0.2) is 34.9 Å². The van der Waals surface area contributed by atoms with E-state index in [0.717, 1.165) is 24.4 Å². The van der Waals surface area contributed by atoms with Crippen LogP contribution in [0.4, 0.5) is 0 Å². The van der Waals surface area contributed by atoms with Crippen molar-refractivity contribution in [3.05, 3.63) is 52.0 Å². The van der Waals surface area contributed by atoms with Crippen molar-refractivity contribution in [2.24, 2.45) is 11.7 Å². The third kappa shape index (κ3) is 3.20. The van der Waals surface area contributed by atoms with Gasteiger partial charge in [-0.05, 0) is 31.4 Å². The summed E-state index contributed by atoms with van der Waals surface area (Å²) >= 11 is 1.56. The van der Waals surface area contributed by atoms with Crippen LogP contribution in [0.2, 0.25) is 0 Å². The van der Waals surface area contributed by atoms with Gasteiger partial charge in [0.2, 0.25) is 0 Å². The fraction of sp³-hybridized carbons (Fsp3) is 0.412. The Hall–Kier alpha value is -1.72. The first-order valence-electron chi connectivity index (χ1n) is 7.66. The molecule has 2 N–H and O–H groups in total. The maximum atomic E-state index is 12.6. The van der Waals surface area contributed by atoms with Gasteiger partial charge in [-0.3, -0.25) is 4.79 Å². The highest BCUT2D eigenvalue weighted by molar-refractivity contribution is 7.09. The maximum absolute atomic E-state index is 12.6. The van der Waals surface area contributed by atoms with Crippen molar-refractivity contribution >= 4 is 17.2 Å². The van der Waals surface area contributed by atoms with Gasteiger partial charge in [-0.15, -0.1) is 11.3 Å². The summed E-state index contributed by atoms with van der Waals surface area (Å²) in [6.07, 6.45) is 1.77. The molecule has 3 rings (SSSR count). The summed E-state index contributed by atoms with van der Waals surface area (Å²) in [6, 6.07) is 10.5. The van der Waals surface area contributed by atoms with E-state index in [1.54, 1.807) is 11.3 Å². The summed E-state index contributed by atoms with van der Waals surface area (Å²) in [4.78, 5) is 19.1. The molecule has 2 unspecified atom stereocenters. The Morgan fingerprint density at radius 3 is 2.86 bits per heavy atom. The Bertz CT molecular complexity index is 640. The van der Waals surface area contributed by atoms with E-state index in [1.807, 2.05) is 28.5 Å². The van der Waals surface area contributed by atoms with E-state index in [4.69, 9.17) is 5.73 Å². The molecule has 0 spiro atoms. The lowest BCUT2D eigenvalue weighted by Crippen LogP contribution is -2.34. The van der Waals surface area contributed by atoms with Gasteiger partial charge in [-0.25, -0.2) is 4.98 Å². The van der Waals surface area contributed by atoms with Crippen molar-refractivity contribution in [3.8, 4) is 0 Å². The van der Waals surface area contributed by atoms with Crippen LogP contribution in [0.25, 0.3) is 0 Å². The Morgan fingerprint density at radius 2 is 2.18 bits per heavy atom. The van der Waals surface area contributed by atoms with E-state index in [1.165, 1.54) is 5.56 Å². The molecule has 0 saturated carbocycles. The number of amides is 1. The Labute approximate surface area is 135 Å². The Morgan fingerprint density at radius 1 is 1.41 bits per heavy atom. The monoisotopic (exact) mass is 315 g/mol. The van der Waals surface area contributed by atoms with Gasteiger partial charge in [-0.1, -0.05) is 30.3 Å². The Balaban J connectivity index is 1.69. The zero-order valence-electron chi connectivity index (χ0n) is 12.7. The third-order valence-electron chi connectivity index (χ3n) is 4.22. The summed E-state index contributed by atoms with van der Waals surface area (Å²) in [5, 5.41) is 2.86. The normalized spacial score (nSPS) is 21.3. The molecule has 22 heavy (non-hydrogen) atoms. The Kier molecular flexibility index (Phi) is 4.55. The first-order valence-corrected chi connectivity index (χ1v) is 8.54. The average Bonchev–Trinajstić information content (AvgIpc) is 3.14. The van der Waals surface area contributed by atoms with Crippen LogP contribution in [0.1, 0.15) is 34.4 Å². The maximum Gasteiger partial charge on any atom is 0.273 e. The minimum Gasteiger partial charge on any atom is -0.334 e. The summed E-state index contributed by atoms with van der Waals surface area (Å²) in [5.74, 6) is 0.459. The van der Waals surface area contributed by atoms with Gasteiger partial charge in [0.25, 0.3) is 5.91 Å². The topological polar surface area (TPSA) is 59.2 Å². The molecule has 1 fully saturated rings. The van der Waals surface area contributed by atoms with Crippen LogP contribution in [0, 0.1) is 5.92 Å². The summed E-state index contributed by atoms with van der Waals surface area (Å²) in [7, 11) is 0. The number of benzene rings is 1. The molecular formula is C17H21N3OS. The molecule has 1 aliphatic heterocycles. The second-order valence-corrected chi connectivity index (χ2v) is 6.88. The summed E-state index contributed by atoms with van der Waals surface area (Å²) in [6.45, 7) is 3.48. The SMILES string of the molecule is CC1CC(CN)CN1C(=O)c1csc(Cc2ccccc2)n1. The van der Waals surface area contributed by atoms with Gasteiger partial charge < -0.3 is 10.6 Å². The number of aromatic nitrogens is 1. The highest BCUT2D eigenvalue weighted by Gasteiger charge is 2.32. The minimum atomic E-state index is 0.0408. The van der Waals surface area contributed by atoms with Gasteiger partial charge in [0.1, 0.15) is 5.69 Å². The number of likely N-dealkylation sites (tertiary alicyclic amines) is 1. The van der Waals surface area contributed by atoms with E-state index in [9.17, 15) is 4.79 Å². The molecular weight excluding hydrogens is 294 g/mol. The first kappa shape index (κ1) is 15.2. The van der Waals surface area contributed by atoms with E-state index < -0.39 is 0 Å². The zero-order chi connectivity index (χ0) is 15.5. The third-order valence-corrected chi connectivity index (χ3v) is 5.07. The first-order chi connectivity index (χ1) is 10.7. The molecule has 1 aliphatic rings. The minimum absolute atomic E-state index is 0.0408. The average molecular weight is 315 g/mol. The molecule has 0 aliphatic carbocycles.